The van der Waals surface area contributed by atoms with Gasteiger partial charge in [-0.05, 0) is 37.0 Å². The van der Waals surface area contributed by atoms with E-state index in [2.05, 4.69) is 19.1 Å². The third kappa shape index (κ3) is 6.08. The molecule has 1 atom stereocenters. The number of unbranched alkanes of at least 4 members (excludes halogenated alkanes) is 4. The summed E-state index contributed by atoms with van der Waals surface area (Å²) in [6, 6.07) is 10.2. The number of allylic oxidation sites excluding steroid dienone is 3. The number of hydrogen-bond acceptors (Lipinski definition) is 3. The molecule has 0 bridgehead atoms. The van der Waals surface area contributed by atoms with Crippen molar-refractivity contribution in [1.82, 2.24) is 0 Å². The van der Waals surface area contributed by atoms with E-state index in [1.807, 2.05) is 30.4 Å². The second-order valence-electron chi connectivity index (χ2n) is 6.82. The van der Waals surface area contributed by atoms with Gasteiger partial charge in [0.2, 0.25) is 0 Å². The van der Waals surface area contributed by atoms with E-state index in [-0.39, 0.29) is 11.4 Å². The van der Waals surface area contributed by atoms with Crippen LogP contribution in [-0.2, 0) is 14.9 Å². The fourth-order valence-electron chi connectivity index (χ4n) is 3.27. The highest BCUT2D eigenvalue weighted by atomic mass is 16.5. The van der Waals surface area contributed by atoms with Gasteiger partial charge >= 0.3 is 5.97 Å². The molecular formula is C22H30O3. The lowest BCUT2D eigenvalue weighted by atomic mass is 9.73. The van der Waals surface area contributed by atoms with Gasteiger partial charge in [0.25, 0.3) is 0 Å². The largest absolute Gasteiger partial charge is 0.508 e. The van der Waals surface area contributed by atoms with Crippen LogP contribution in [0.2, 0.25) is 0 Å². The molecule has 1 aromatic rings. The van der Waals surface area contributed by atoms with E-state index in [1.165, 1.54) is 24.8 Å². The van der Waals surface area contributed by atoms with E-state index in [0.29, 0.717) is 25.2 Å². The Morgan fingerprint density at radius 3 is 2.60 bits per heavy atom. The maximum Gasteiger partial charge on any atom is 0.305 e. The van der Waals surface area contributed by atoms with E-state index in [1.54, 1.807) is 6.08 Å². The number of ether oxygens (including phenoxy) is 1. The lowest BCUT2D eigenvalue weighted by molar-refractivity contribution is -0.144. The summed E-state index contributed by atoms with van der Waals surface area (Å²) in [5.41, 5.74) is 0.972. The first-order valence-electron chi connectivity index (χ1n) is 9.46. The summed E-state index contributed by atoms with van der Waals surface area (Å²) in [5, 5.41) is 9.65. The molecule has 1 aliphatic carbocycles. The van der Waals surface area contributed by atoms with Gasteiger partial charge in [-0.15, -0.1) is 0 Å². The van der Waals surface area contributed by atoms with Crippen molar-refractivity contribution >= 4 is 5.97 Å². The van der Waals surface area contributed by atoms with Crippen LogP contribution in [0.5, 0.6) is 0 Å². The van der Waals surface area contributed by atoms with Crippen LogP contribution in [-0.4, -0.2) is 17.7 Å². The predicted molar refractivity (Wildman–Crippen MR) is 102 cm³/mol. The third-order valence-electron chi connectivity index (χ3n) is 4.89. The van der Waals surface area contributed by atoms with Crippen molar-refractivity contribution < 1.29 is 14.6 Å². The number of aliphatic hydroxyl groups excluding tert-OH is 1. The Labute approximate surface area is 151 Å². The Morgan fingerprint density at radius 1 is 1.16 bits per heavy atom. The maximum absolute atomic E-state index is 11.9. The van der Waals surface area contributed by atoms with Crippen molar-refractivity contribution in [2.45, 2.75) is 63.7 Å². The molecule has 136 valence electrons. The molecule has 3 heteroatoms. The second kappa shape index (κ2) is 10.1. The monoisotopic (exact) mass is 342 g/mol. The molecule has 0 aliphatic heterocycles. The van der Waals surface area contributed by atoms with Crippen LogP contribution in [0.4, 0.5) is 0 Å². The standard InChI is InChI=1S/C22H30O3/c1-2-3-4-5-9-12-21(24)25-18-17-22(15-13-20(23)14-16-22)19-10-7-6-8-11-19/h6-8,10-11,13-15,23H,2-5,9,12,16-18H2,1H3. The highest BCUT2D eigenvalue weighted by molar-refractivity contribution is 5.69. The number of esters is 1. The normalized spacial score (nSPS) is 19.5. The minimum Gasteiger partial charge on any atom is -0.508 e. The molecule has 2 rings (SSSR count). The van der Waals surface area contributed by atoms with Gasteiger partial charge in [0.1, 0.15) is 5.76 Å². The van der Waals surface area contributed by atoms with Gasteiger partial charge < -0.3 is 9.84 Å². The number of rotatable bonds is 10. The Morgan fingerprint density at radius 2 is 1.92 bits per heavy atom. The highest BCUT2D eigenvalue weighted by Crippen LogP contribution is 2.37. The second-order valence-corrected chi connectivity index (χ2v) is 6.82. The van der Waals surface area contributed by atoms with Crippen molar-refractivity contribution in [3.63, 3.8) is 0 Å². The molecule has 0 spiro atoms. The topological polar surface area (TPSA) is 46.5 Å². The third-order valence-corrected chi connectivity index (χ3v) is 4.89. The fraction of sp³-hybridized carbons (Fsp3) is 0.500. The molecule has 0 saturated carbocycles. The van der Waals surface area contributed by atoms with Crippen LogP contribution in [0.25, 0.3) is 0 Å². The zero-order chi connectivity index (χ0) is 18.0. The molecule has 1 unspecified atom stereocenters. The zero-order valence-corrected chi connectivity index (χ0v) is 15.2. The lowest BCUT2D eigenvalue weighted by Gasteiger charge is -2.32. The summed E-state index contributed by atoms with van der Waals surface area (Å²) in [4.78, 5) is 11.9. The first kappa shape index (κ1) is 19.3. The molecule has 25 heavy (non-hydrogen) atoms. The molecule has 1 aromatic carbocycles. The first-order chi connectivity index (χ1) is 12.2. The molecule has 0 radical (unpaired) electrons. The summed E-state index contributed by atoms with van der Waals surface area (Å²) < 4.78 is 5.47. The van der Waals surface area contributed by atoms with Crippen LogP contribution in [0.1, 0.15) is 63.9 Å². The van der Waals surface area contributed by atoms with E-state index < -0.39 is 0 Å². The molecule has 1 aliphatic rings. The molecule has 3 nitrogen and oxygen atoms in total. The van der Waals surface area contributed by atoms with Gasteiger partial charge in [-0.25, -0.2) is 0 Å². The quantitative estimate of drug-likeness (QED) is 0.443. The average molecular weight is 342 g/mol. The highest BCUT2D eigenvalue weighted by Gasteiger charge is 2.30. The van der Waals surface area contributed by atoms with Crippen LogP contribution in [0.3, 0.4) is 0 Å². The summed E-state index contributed by atoms with van der Waals surface area (Å²) in [6.07, 6.45) is 13.2. The Hall–Kier alpha value is -2.03. The smallest absolute Gasteiger partial charge is 0.305 e. The molecule has 0 saturated heterocycles. The van der Waals surface area contributed by atoms with Crippen molar-refractivity contribution in [1.29, 1.82) is 0 Å². The number of carbonyl (C=O) groups excluding carboxylic acids is 1. The van der Waals surface area contributed by atoms with Crippen LogP contribution in [0.15, 0.2) is 54.3 Å². The Kier molecular flexibility index (Phi) is 7.77. The average Bonchev–Trinajstić information content (AvgIpc) is 2.64. The molecule has 0 fully saturated rings. The Balaban J connectivity index is 1.83. The number of carbonyl (C=O) groups is 1. The van der Waals surface area contributed by atoms with Crippen molar-refractivity contribution in [3.8, 4) is 0 Å². The van der Waals surface area contributed by atoms with Gasteiger partial charge in [-0.3, -0.25) is 4.79 Å². The van der Waals surface area contributed by atoms with E-state index >= 15 is 0 Å². The van der Waals surface area contributed by atoms with E-state index in [4.69, 9.17) is 4.74 Å². The van der Waals surface area contributed by atoms with Gasteiger partial charge in [0.15, 0.2) is 0 Å². The predicted octanol–water partition coefficient (Wildman–Crippen LogP) is 5.62. The van der Waals surface area contributed by atoms with Crippen LogP contribution < -0.4 is 0 Å². The minimum atomic E-state index is -0.213. The van der Waals surface area contributed by atoms with E-state index in [0.717, 1.165) is 19.3 Å². The van der Waals surface area contributed by atoms with Crippen LogP contribution >= 0.6 is 0 Å². The van der Waals surface area contributed by atoms with Crippen molar-refractivity contribution in [2.75, 3.05) is 6.61 Å². The zero-order valence-electron chi connectivity index (χ0n) is 15.2. The SMILES string of the molecule is CCCCCCCC(=O)OCCC1(c2ccccc2)C=CC(O)=CC1. The van der Waals surface area contributed by atoms with Crippen molar-refractivity contribution in [2.24, 2.45) is 0 Å². The summed E-state index contributed by atoms with van der Waals surface area (Å²) in [6.45, 7) is 2.59. The fourth-order valence-corrected chi connectivity index (χ4v) is 3.27. The first-order valence-corrected chi connectivity index (χ1v) is 9.46. The molecule has 0 heterocycles. The van der Waals surface area contributed by atoms with Gasteiger partial charge in [0.05, 0.1) is 6.61 Å². The number of aliphatic hydroxyl groups is 1. The van der Waals surface area contributed by atoms with Gasteiger partial charge in [-0.2, -0.15) is 0 Å². The Bertz CT molecular complexity index is 589. The molecular weight excluding hydrogens is 312 g/mol. The molecule has 1 N–H and O–H groups in total. The van der Waals surface area contributed by atoms with Gasteiger partial charge in [-0.1, -0.05) is 69.0 Å². The number of benzene rings is 1. The summed E-state index contributed by atoms with van der Waals surface area (Å²) in [7, 11) is 0. The maximum atomic E-state index is 11.9. The molecule has 0 aromatic heterocycles. The van der Waals surface area contributed by atoms with Crippen LogP contribution in [0, 0.1) is 0 Å². The number of hydrogen-bond donors (Lipinski definition) is 1. The minimum absolute atomic E-state index is 0.0992. The molecule has 0 amide bonds. The van der Waals surface area contributed by atoms with E-state index in [9.17, 15) is 9.90 Å². The lowest BCUT2D eigenvalue weighted by Crippen LogP contribution is -2.27. The summed E-state index contributed by atoms with van der Waals surface area (Å²) >= 11 is 0. The summed E-state index contributed by atoms with van der Waals surface area (Å²) in [5.74, 6) is 0.202. The van der Waals surface area contributed by atoms with Crippen molar-refractivity contribution in [3.05, 3.63) is 59.9 Å². The van der Waals surface area contributed by atoms with Gasteiger partial charge in [0, 0.05) is 11.8 Å².